The zero-order valence-electron chi connectivity index (χ0n) is 22.1. The molecule has 0 aromatic heterocycles. The van der Waals surface area contributed by atoms with Crippen molar-refractivity contribution >= 4 is 34.7 Å². The van der Waals surface area contributed by atoms with Crippen LogP contribution in [0.5, 0.6) is 5.75 Å². The largest absolute Gasteiger partial charge is 0.507 e. The van der Waals surface area contributed by atoms with Crippen LogP contribution in [0.4, 0.5) is 5.69 Å². The minimum absolute atomic E-state index is 0.0476. The quantitative estimate of drug-likeness (QED) is 0.219. The maximum atomic E-state index is 13.5. The van der Waals surface area contributed by atoms with Crippen molar-refractivity contribution in [2.45, 2.75) is 53.0 Å². The van der Waals surface area contributed by atoms with Crippen LogP contribution in [0.3, 0.4) is 0 Å². The van der Waals surface area contributed by atoms with Crippen molar-refractivity contribution in [3.63, 3.8) is 0 Å². The molecular weight excluding hydrogens is 486 g/mol. The Hall–Kier alpha value is -3.57. The summed E-state index contributed by atoms with van der Waals surface area (Å²) in [4.78, 5) is 28.4. The van der Waals surface area contributed by atoms with E-state index in [2.05, 4.69) is 20.8 Å². The Balaban J connectivity index is 1.93. The van der Waals surface area contributed by atoms with Crippen molar-refractivity contribution < 1.29 is 19.4 Å². The van der Waals surface area contributed by atoms with Crippen molar-refractivity contribution in [1.29, 1.82) is 0 Å². The Morgan fingerprint density at radius 2 is 1.65 bits per heavy atom. The predicted octanol–water partition coefficient (Wildman–Crippen LogP) is 7.28. The van der Waals surface area contributed by atoms with Gasteiger partial charge in [0.1, 0.15) is 11.5 Å². The number of benzene rings is 3. The van der Waals surface area contributed by atoms with Crippen LogP contribution in [0, 0.1) is 13.8 Å². The van der Waals surface area contributed by atoms with E-state index in [9.17, 15) is 14.7 Å². The van der Waals surface area contributed by atoms with Crippen LogP contribution in [-0.4, -0.2) is 23.4 Å². The molecule has 1 N–H and O–H groups in total. The Morgan fingerprint density at radius 1 is 0.973 bits per heavy atom. The molecule has 6 heteroatoms. The lowest BCUT2D eigenvalue weighted by molar-refractivity contribution is -0.132. The molecule has 0 spiro atoms. The summed E-state index contributed by atoms with van der Waals surface area (Å²) in [5, 5.41) is 12.0. The summed E-state index contributed by atoms with van der Waals surface area (Å²) in [6.07, 6.45) is 0. The number of aliphatic hydroxyl groups excluding tert-OH is 1. The number of halogens is 1. The highest BCUT2D eigenvalue weighted by Crippen LogP contribution is 2.44. The Kier molecular flexibility index (Phi) is 7.20. The summed E-state index contributed by atoms with van der Waals surface area (Å²) in [7, 11) is 0. The van der Waals surface area contributed by atoms with E-state index in [4.69, 9.17) is 16.3 Å². The van der Waals surface area contributed by atoms with Gasteiger partial charge < -0.3 is 9.84 Å². The molecule has 1 atom stereocenters. The fourth-order valence-electron chi connectivity index (χ4n) is 4.72. The standard InChI is InChI=1S/C31H32ClNO4/c1-7-37-25-15-10-21(16-19(25)3)28(34)26-27(20-8-11-22(12-9-20)31(4,5)6)33(30(36)29(26)35)24-14-13-23(32)17-18(24)2/h8-17,27,34H,7H2,1-6H3/b28-26+. The summed E-state index contributed by atoms with van der Waals surface area (Å²) in [6.45, 7) is 12.5. The number of hydrogen-bond donors (Lipinski definition) is 1. The first kappa shape index (κ1) is 26.5. The van der Waals surface area contributed by atoms with Gasteiger partial charge in [0.2, 0.25) is 0 Å². The molecule has 0 aliphatic carbocycles. The van der Waals surface area contributed by atoms with Crippen LogP contribution in [0.1, 0.15) is 61.6 Å². The van der Waals surface area contributed by atoms with Gasteiger partial charge in [-0.25, -0.2) is 0 Å². The number of carbonyl (C=O) groups is 2. The molecule has 192 valence electrons. The van der Waals surface area contributed by atoms with Crippen molar-refractivity contribution in [3.8, 4) is 5.75 Å². The topological polar surface area (TPSA) is 66.8 Å². The van der Waals surface area contributed by atoms with E-state index in [0.717, 1.165) is 22.3 Å². The van der Waals surface area contributed by atoms with Crippen molar-refractivity contribution in [2.75, 3.05) is 11.5 Å². The molecule has 4 rings (SSSR count). The summed E-state index contributed by atoms with van der Waals surface area (Å²) in [6, 6.07) is 17.5. The number of carbonyl (C=O) groups excluding carboxylic acids is 2. The maximum Gasteiger partial charge on any atom is 0.300 e. The van der Waals surface area contributed by atoms with Crippen molar-refractivity contribution in [2.24, 2.45) is 0 Å². The molecule has 1 aliphatic rings. The number of ketones is 1. The molecule has 0 saturated carbocycles. The molecule has 3 aromatic rings. The first-order valence-electron chi connectivity index (χ1n) is 12.4. The number of hydrogen-bond acceptors (Lipinski definition) is 4. The first-order chi connectivity index (χ1) is 17.4. The molecule has 1 aliphatic heterocycles. The third-order valence-electron chi connectivity index (χ3n) is 6.70. The lowest BCUT2D eigenvalue weighted by Crippen LogP contribution is -2.30. The molecule has 0 bridgehead atoms. The number of amides is 1. The number of aryl methyl sites for hydroxylation is 2. The molecule has 1 fully saturated rings. The summed E-state index contributed by atoms with van der Waals surface area (Å²) in [5.41, 5.74) is 4.42. The van der Waals surface area contributed by atoms with Crippen LogP contribution < -0.4 is 9.64 Å². The van der Waals surface area contributed by atoms with Gasteiger partial charge in [0, 0.05) is 16.3 Å². The fraction of sp³-hybridized carbons (Fsp3) is 0.290. The highest BCUT2D eigenvalue weighted by molar-refractivity contribution is 6.51. The Labute approximate surface area is 223 Å². The number of nitrogens with zero attached hydrogens (tertiary/aromatic N) is 1. The number of ether oxygens (including phenoxy) is 1. The summed E-state index contributed by atoms with van der Waals surface area (Å²) in [5.74, 6) is -0.947. The lowest BCUT2D eigenvalue weighted by atomic mass is 9.85. The highest BCUT2D eigenvalue weighted by atomic mass is 35.5. The minimum Gasteiger partial charge on any atom is -0.507 e. The van der Waals surface area contributed by atoms with Crippen LogP contribution in [0.15, 0.2) is 66.2 Å². The second-order valence-electron chi connectivity index (χ2n) is 10.4. The van der Waals surface area contributed by atoms with Gasteiger partial charge in [-0.15, -0.1) is 0 Å². The third-order valence-corrected chi connectivity index (χ3v) is 6.94. The van der Waals surface area contributed by atoms with E-state index in [1.54, 1.807) is 36.4 Å². The van der Waals surface area contributed by atoms with E-state index in [-0.39, 0.29) is 16.7 Å². The number of anilines is 1. The minimum atomic E-state index is -0.805. The summed E-state index contributed by atoms with van der Waals surface area (Å²) < 4.78 is 5.62. The van der Waals surface area contributed by atoms with Gasteiger partial charge in [0.05, 0.1) is 18.2 Å². The monoisotopic (exact) mass is 517 g/mol. The van der Waals surface area contributed by atoms with Crippen LogP contribution in [-0.2, 0) is 15.0 Å². The van der Waals surface area contributed by atoms with Gasteiger partial charge in [-0.2, -0.15) is 0 Å². The molecular formula is C31H32ClNO4. The van der Waals surface area contributed by atoms with E-state index in [1.807, 2.05) is 45.0 Å². The van der Waals surface area contributed by atoms with Crippen molar-refractivity contribution in [3.05, 3.63) is 99.1 Å². The average molecular weight is 518 g/mol. The average Bonchev–Trinajstić information content (AvgIpc) is 3.10. The fourth-order valence-corrected chi connectivity index (χ4v) is 4.95. The van der Waals surface area contributed by atoms with Gasteiger partial charge in [-0.3, -0.25) is 14.5 Å². The second kappa shape index (κ2) is 10.1. The van der Waals surface area contributed by atoms with E-state index in [0.29, 0.717) is 28.6 Å². The molecule has 1 amide bonds. The van der Waals surface area contributed by atoms with Crippen LogP contribution >= 0.6 is 11.6 Å². The molecule has 1 unspecified atom stereocenters. The Bertz CT molecular complexity index is 1400. The molecule has 0 radical (unpaired) electrons. The smallest absolute Gasteiger partial charge is 0.300 e. The van der Waals surface area contributed by atoms with Crippen LogP contribution in [0.25, 0.3) is 5.76 Å². The van der Waals surface area contributed by atoms with E-state index < -0.39 is 17.7 Å². The maximum absolute atomic E-state index is 13.5. The first-order valence-corrected chi connectivity index (χ1v) is 12.7. The molecule has 1 heterocycles. The number of Topliss-reactive ketones (excluding diaryl/α,β-unsaturated/α-hetero) is 1. The SMILES string of the molecule is CCOc1ccc(/C(O)=C2\C(=O)C(=O)N(c3ccc(Cl)cc3C)C2c2ccc(C(C)(C)C)cc2)cc1C. The zero-order chi connectivity index (χ0) is 27.1. The third kappa shape index (κ3) is 5.01. The van der Waals surface area contributed by atoms with Crippen LogP contribution in [0.2, 0.25) is 5.02 Å². The van der Waals surface area contributed by atoms with E-state index >= 15 is 0 Å². The molecule has 5 nitrogen and oxygen atoms in total. The van der Waals surface area contributed by atoms with E-state index in [1.165, 1.54) is 4.90 Å². The highest BCUT2D eigenvalue weighted by Gasteiger charge is 2.47. The van der Waals surface area contributed by atoms with Gasteiger partial charge >= 0.3 is 0 Å². The Morgan fingerprint density at radius 3 is 2.22 bits per heavy atom. The molecule has 1 saturated heterocycles. The predicted molar refractivity (Wildman–Crippen MR) is 148 cm³/mol. The molecule has 3 aromatic carbocycles. The van der Waals surface area contributed by atoms with Gasteiger partial charge in [0.25, 0.3) is 11.7 Å². The normalized spacial score (nSPS) is 17.4. The number of aliphatic hydroxyl groups is 1. The van der Waals surface area contributed by atoms with Gasteiger partial charge in [-0.05, 0) is 84.8 Å². The second-order valence-corrected chi connectivity index (χ2v) is 10.8. The zero-order valence-corrected chi connectivity index (χ0v) is 22.8. The van der Waals surface area contributed by atoms with Gasteiger partial charge in [-0.1, -0.05) is 56.6 Å². The lowest BCUT2D eigenvalue weighted by Gasteiger charge is -2.28. The number of rotatable bonds is 5. The van der Waals surface area contributed by atoms with Crippen molar-refractivity contribution in [1.82, 2.24) is 0 Å². The van der Waals surface area contributed by atoms with Gasteiger partial charge in [0.15, 0.2) is 0 Å². The molecule has 37 heavy (non-hydrogen) atoms. The summed E-state index contributed by atoms with van der Waals surface area (Å²) >= 11 is 6.18.